The lowest BCUT2D eigenvalue weighted by Crippen LogP contribution is -2.44. The molecule has 27 heavy (non-hydrogen) atoms. The second-order valence-electron chi connectivity index (χ2n) is 7.75. The van der Waals surface area contributed by atoms with Gasteiger partial charge < -0.3 is 10.2 Å². The van der Waals surface area contributed by atoms with Gasteiger partial charge in [-0.05, 0) is 50.7 Å². The third kappa shape index (κ3) is 3.45. The van der Waals surface area contributed by atoms with Gasteiger partial charge in [0, 0.05) is 24.8 Å². The lowest BCUT2D eigenvalue weighted by molar-refractivity contribution is 0.0594. The first-order valence-corrected chi connectivity index (χ1v) is 10.3. The van der Waals surface area contributed by atoms with Crippen molar-refractivity contribution < 1.29 is 9.59 Å². The summed E-state index contributed by atoms with van der Waals surface area (Å²) in [4.78, 5) is 32.6. The second-order valence-corrected chi connectivity index (χ2v) is 7.75. The van der Waals surface area contributed by atoms with Crippen molar-refractivity contribution in [3.8, 4) is 0 Å². The van der Waals surface area contributed by atoms with Crippen LogP contribution in [0.4, 0.5) is 0 Å². The maximum absolute atomic E-state index is 13.3. The van der Waals surface area contributed by atoms with E-state index < -0.39 is 0 Å². The van der Waals surface area contributed by atoms with Crippen LogP contribution in [0.25, 0.3) is 5.52 Å². The summed E-state index contributed by atoms with van der Waals surface area (Å²) in [5, 5.41) is 3.10. The normalized spacial score (nSPS) is 20.9. The number of nitrogens with zero attached hydrogens (tertiary/aromatic N) is 3. The van der Waals surface area contributed by atoms with Gasteiger partial charge in [0.05, 0.1) is 5.52 Å². The number of fused-ring (bicyclic) bond motifs is 1. The van der Waals surface area contributed by atoms with Gasteiger partial charge in [0.25, 0.3) is 11.8 Å². The van der Waals surface area contributed by atoms with E-state index in [4.69, 9.17) is 0 Å². The summed E-state index contributed by atoms with van der Waals surface area (Å²) in [6.45, 7) is 2.89. The molecule has 1 saturated carbocycles. The predicted molar refractivity (Wildman–Crippen MR) is 104 cm³/mol. The molecule has 2 aliphatic rings. The molecule has 6 nitrogen and oxygen atoms in total. The number of hydrogen-bond donors (Lipinski definition) is 1. The number of hydrogen-bond acceptors (Lipinski definition) is 3. The Kier molecular flexibility index (Phi) is 5.14. The van der Waals surface area contributed by atoms with Gasteiger partial charge in [-0.1, -0.05) is 25.8 Å². The van der Waals surface area contributed by atoms with E-state index in [0.717, 1.165) is 51.5 Å². The highest BCUT2D eigenvalue weighted by molar-refractivity contribution is 6.02. The molecule has 6 heteroatoms. The SMILES string of the molecule is CCC1CCCCN1C(=O)c1nc(C(=O)NC2CCCC2)c2ccccn12. The standard InChI is InChI=1S/C21H28N4O2/c1-2-16-11-5-7-13-24(16)21(27)19-23-18(17-12-6-8-14-25(17)19)20(26)22-15-9-3-4-10-15/h6,8,12,14-16H,2-5,7,9-11,13H2,1H3,(H,22,26). The largest absolute Gasteiger partial charge is 0.348 e. The van der Waals surface area contributed by atoms with E-state index in [1.165, 1.54) is 6.42 Å². The van der Waals surface area contributed by atoms with Crippen molar-refractivity contribution >= 4 is 17.3 Å². The highest BCUT2D eigenvalue weighted by Crippen LogP contribution is 2.24. The summed E-state index contributed by atoms with van der Waals surface area (Å²) in [6, 6.07) is 6.10. The molecule has 0 aromatic carbocycles. The number of piperidine rings is 1. The van der Waals surface area contributed by atoms with Crippen molar-refractivity contribution in [3.05, 3.63) is 35.9 Å². The number of carbonyl (C=O) groups is 2. The quantitative estimate of drug-likeness (QED) is 0.899. The molecule has 1 unspecified atom stereocenters. The van der Waals surface area contributed by atoms with Crippen LogP contribution in [0.15, 0.2) is 24.4 Å². The molecule has 2 fully saturated rings. The van der Waals surface area contributed by atoms with Crippen LogP contribution in [0.2, 0.25) is 0 Å². The molecular weight excluding hydrogens is 340 g/mol. The Morgan fingerprint density at radius 2 is 1.93 bits per heavy atom. The van der Waals surface area contributed by atoms with E-state index >= 15 is 0 Å². The Hall–Kier alpha value is -2.37. The van der Waals surface area contributed by atoms with E-state index in [1.54, 1.807) is 4.40 Å². The van der Waals surface area contributed by atoms with Crippen molar-refractivity contribution in [2.45, 2.75) is 70.4 Å². The molecule has 1 aliphatic heterocycles. The van der Waals surface area contributed by atoms with Gasteiger partial charge in [-0.3, -0.25) is 14.0 Å². The highest BCUT2D eigenvalue weighted by atomic mass is 16.2. The summed E-state index contributed by atoms with van der Waals surface area (Å²) in [5.41, 5.74) is 1.05. The van der Waals surface area contributed by atoms with Crippen molar-refractivity contribution in [1.82, 2.24) is 19.6 Å². The van der Waals surface area contributed by atoms with Crippen LogP contribution < -0.4 is 5.32 Å². The van der Waals surface area contributed by atoms with Gasteiger partial charge in [0.1, 0.15) is 0 Å². The summed E-state index contributed by atoms with van der Waals surface area (Å²) in [7, 11) is 0. The Morgan fingerprint density at radius 3 is 2.70 bits per heavy atom. The highest BCUT2D eigenvalue weighted by Gasteiger charge is 2.31. The van der Waals surface area contributed by atoms with Crippen LogP contribution in [0.1, 0.15) is 79.4 Å². The zero-order valence-electron chi connectivity index (χ0n) is 16.0. The summed E-state index contributed by atoms with van der Waals surface area (Å²) >= 11 is 0. The van der Waals surface area contributed by atoms with Crippen molar-refractivity contribution in [3.63, 3.8) is 0 Å². The van der Waals surface area contributed by atoms with E-state index in [-0.39, 0.29) is 23.9 Å². The number of imidazole rings is 1. The van der Waals surface area contributed by atoms with Crippen molar-refractivity contribution in [2.24, 2.45) is 0 Å². The fraction of sp³-hybridized carbons (Fsp3) is 0.571. The molecule has 1 saturated heterocycles. The summed E-state index contributed by atoms with van der Waals surface area (Å²) in [6.07, 6.45) is 10.4. The fourth-order valence-corrected chi connectivity index (χ4v) is 4.50. The number of likely N-dealkylation sites (tertiary alicyclic amines) is 1. The minimum atomic E-state index is -0.171. The number of pyridine rings is 1. The lowest BCUT2D eigenvalue weighted by Gasteiger charge is -2.34. The van der Waals surface area contributed by atoms with Crippen LogP contribution in [-0.4, -0.2) is 44.7 Å². The summed E-state index contributed by atoms with van der Waals surface area (Å²) < 4.78 is 1.77. The van der Waals surface area contributed by atoms with Gasteiger partial charge in [-0.15, -0.1) is 0 Å². The van der Waals surface area contributed by atoms with Gasteiger partial charge in [-0.2, -0.15) is 0 Å². The number of carbonyl (C=O) groups excluding carboxylic acids is 2. The average molecular weight is 368 g/mol. The van der Waals surface area contributed by atoms with Crippen molar-refractivity contribution in [2.75, 3.05) is 6.54 Å². The maximum Gasteiger partial charge on any atom is 0.290 e. The number of rotatable bonds is 4. The molecule has 0 bridgehead atoms. The second kappa shape index (κ2) is 7.71. The van der Waals surface area contributed by atoms with E-state index in [1.807, 2.05) is 29.3 Å². The molecule has 0 spiro atoms. The zero-order valence-corrected chi connectivity index (χ0v) is 16.0. The van der Waals surface area contributed by atoms with Gasteiger partial charge in [0.15, 0.2) is 5.69 Å². The minimum absolute atomic E-state index is 0.0670. The zero-order chi connectivity index (χ0) is 18.8. The summed E-state index contributed by atoms with van der Waals surface area (Å²) in [5.74, 6) is 0.112. The topological polar surface area (TPSA) is 66.7 Å². The van der Waals surface area contributed by atoms with Gasteiger partial charge >= 0.3 is 0 Å². The molecule has 1 N–H and O–H groups in total. The molecule has 2 aromatic heterocycles. The number of nitrogens with one attached hydrogen (secondary N) is 1. The smallest absolute Gasteiger partial charge is 0.290 e. The van der Waals surface area contributed by atoms with Crippen molar-refractivity contribution in [1.29, 1.82) is 0 Å². The van der Waals surface area contributed by atoms with E-state index in [2.05, 4.69) is 17.2 Å². The Morgan fingerprint density at radius 1 is 1.15 bits per heavy atom. The first kappa shape index (κ1) is 18.0. The van der Waals surface area contributed by atoms with Crippen LogP contribution in [0.3, 0.4) is 0 Å². The van der Waals surface area contributed by atoms with Gasteiger partial charge in [0.2, 0.25) is 5.82 Å². The molecule has 0 radical (unpaired) electrons. The molecular formula is C21H28N4O2. The third-order valence-electron chi connectivity index (χ3n) is 6.00. The van der Waals surface area contributed by atoms with Crippen LogP contribution in [0, 0.1) is 0 Å². The average Bonchev–Trinajstić information content (AvgIpc) is 3.35. The van der Waals surface area contributed by atoms with Crippen LogP contribution in [-0.2, 0) is 0 Å². The van der Waals surface area contributed by atoms with Gasteiger partial charge in [-0.25, -0.2) is 4.98 Å². The molecule has 2 aromatic rings. The van der Waals surface area contributed by atoms with E-state index in [9.17, 15) is 9.59 Å². The Bertz CT molecular complexity index is 838. The molecule has 1 aliphatic carbocycles. The molecule has 3 heterocycles. The first-order valence-electron chi connectivity index (χ1n) is 10.3. The Labute approximate surface area is 159 Å². The maximum atomic E-state index is 13.3. The van der Waals surface area contributed by atoms with E-state index in [0.29, 0.717) is 17.0 Å². The molecule has 2 amide bonds. The molecule has 1 atom stereocenters. The monoisotopic (exact) mass is 368 g/mol. The predicted octanol–water partition coefficient (Wildman–Crippen LogP) is 3.41. The molecule has 144 valence electrons. The minimum Gasteiger partial charge on any atom is -0.348 e. The third-order valence-corrected chi connectivity index (χ3v) is 6.00. The number of amides is 2. The Balaban J connectivity index is 1.66. The van der Waals surface area contributed by atoms with Crippen LogP contribution >= 0.6 is 0 Å². The molecule has 4 rings (SSSR count). The first-order chi connectivity index (χ1) is 13.2. The van der Waals surface area contributed by atoms with Crippen LogP contribution in [0.5, 0.6) is 0 Å². The number of aromatic nitrogens is 2. The fourth-order valence-electron chi connectivity index (χ4n) is 4.50. The lowest BCUT2D eigenvalue weighted by atomic mass is 10.00.